The van der Waals surface area contributed by atoms with Gasteiger partial charge < -0.3 is 25.4 Å². The van der Waals surface area contributed by atoms with Gasteiger partial charge in [-0.2, -0.15) is 0 Å². The Bertz CT molecular complexity index is 819. The van der Waals surface area contributed by atoms with Gasteiger partial charge in [-0.15, -0.1) is 0 Å². The van der Waals surface area contributed by atoms with Crippen molar-refractivity contribution in [3.05, 3.63) is 54.1 Å². The molecule has 1 aliphatic rings. The number of nitrogens with zero attached hydrogens (tertiary/aromatic N) is 1. The van der Waals surface area contributed by atoms with Gasteiger partial charge in [0.25, 0.3) is 0 Å². The van der Waals surface area contributed by atoms with Crippen molar-refractivity contribution in [2.75, 3.05) is 25.7 Å². The Morgan fingerprint density at radius 2 is 1.82 bits per heavy atom. The topological polar surface area (TPSA) is 93.9 Å². The number of methoxy groups -OCH3 is 2. The number of nitrogens with two attached hydrogens (primary N) is 1. The largest absolute Gasteiger partial charge is 0.497 e. The summed E-state index contributed by atoms with van der Waals surface area (Å²) < 4.78 is 10.5. The van der Waals surface area contributed by atoms with Gasteiger partial charge in [-0.1, -0.05) is 30.3 Å². The quantitative estimate of drug-likeness (QED) is 0.763. The molecule has 0 radical (unpaired) electrons. The zero-order valence-corrected chi connectivity index (χ0v) is 16.1. The lowest BCUT2D eigenvalue weighted by Gasteiger charge is -2.19. The molecule has 0 bridgehead atoms. The first-order valence-electron chi connectivity index (χ1n) is 9.16. The fourth-order valence-electron chi connectivity index (χ4n) is 3.29. The lowest BCUT2D eigenvalue weighted by Crippen LogP contribution is -2.42. The molecule has 7 heteroatoms. The summed E-state index contributed by atoms with van der Waals surface area (Å²) in [5.74, 6) is 0.809. The van der Waals surface area contributed by atoms with Crippen LogP contribution in [-0.4, -0.2) is 38.6 Å². The molecule has 1 aliphatic heterocycles. The maximum atomic E-state index is 12.8. The summed E-state index contributed by atoms with van der Waals surface area (Å²) in [6.45, 7) is 0.505. The molecule has 1 saturated heterocycles. The minimum Gasteiger partial charge on any atom is -0.497 e. The van der Waals surface area contributed by atoms with Gasteiger partial charge in [0.15, 0.2) is 0 Å². The number of anilines is 1. The van der Waals surface area contributed by atoms with Crippen LogP contribution in [0.1, 0.15) is 24.4 Å². The number of carbonyl (C=O) groups is 2. The number of ether oxygens (including phenoxy) is 2. The van der Waals surface area contributed by atoms with Crippen LogP contribution in [0.3, 0.4) is 0 Å². The van der Waals surface area contributed by atoms with Gasteiger partial charge in [0.05, 0.1) is 19.9 Å². The Hall–Kier alpha value is -3.06. The third-order valence-electron chi connectivity index (χ3n) is 4.82. The normalized spacial score (nSPS) is 17.3. The summed E-state index contributed by atoms with van der Waals surface area (Å²) in [6, 6.07) is 13.8. The van der Waals surface area contributed by atoms with Crippen LogP contribution in [-0.2, 0) is 9.59 Å². The summed E-state index contributed by atoms with van der Waals surface area (Å²) in [5, 5.41) is 2.81. The molecule has 2 unspecified atom stereocenters. The minimum atomic E-state index is -0.562. The van der Waals surface area contributed by atoms with Crippen LogP contribution >= 0.6 is 0 Å². The lowest BCUT2D eigenvalue weighted by molar-refractivity contribution is -0.126. The summed E-state index contributed by atoms with van der Waals surface area (Å²) in [5.41, 5.74) is 7.67. The van der Waals surface area contributed by atoms with Gasteiger partial charge in [-0.25, -0.2) is 0 Å². The number of amides is 2. The van der Waals surface area contributed by atoms with Crippen LogP contribution < -0.4 is 25.4 Å². The molecular formula is C21H25N3O4. The van der Waals surface area contributed by atoms with Gasteiger partial charge in [-0.3, -0.25) is 9.59 Å². The number of carbonyl (C=O) groups excluding carboxylic acids is 2. The highest BCUT2D eigenvalue weighted by Gasteiger charge is 2.34. The van der Waals surface area contributed by atoms with Crippen LogP contribution in [0, 0.1) is 0 Å². The zero-order valence-electron chi connectivity index (χ0n) is 16.1. The Kier molecular flexibility index (Phi) is 6.16. The van der Waals surface area contributed by atoms with E-state index >= 15 is 0 Å². The van der Waals surface area contributed by atoms with Crippen molar-refractivity contribution in [2.24, 2.45) is 5.73 Å². The van der Waals surface area contributed by atoms with E-state index in [-0.39, 0.29) is 18.2 Å². The Balaban J connectivity index is 1.63. The fraction of sp³-hybridized carbons (Fsp3) is 0.333. The molecule has 7 nitrogen and oxygen atoms in total. The van der Waals surface area contributed by atoms with Gasteiger partial charge in [0.1, 0.15) is 17.5 Å². The molecule has 3 rings (SSSR count). The molecule has 1 fully saturated rings. The van der Waals surface area contributed by atoms with Crippen LogP contribution in [0.4, 0.5) is 5.69 Å². The first kappa shape index (κ1) is 19.7. The van der Waals surface area contributed by atoms with Crippen LogP contribution in [0.25, 0.3) is 0 Å². The van der Waals surface area contributed by atoms with E-state index < -0.39 is 12.1 Å². The van der Waals surface area contributed by atoms with Crippen molar-refractivity contribution < 1.29 is 19.1 Å². The maximum absolute atomic E-state index is 12.8. The SMILES string of the molecule is COc1cc(OC)cc(N2CCC(NC(=O)CC(N)c3ccccc3)C2=O)c1. The van der Waals surface area contributed by atoms with E-state index in [2.05, 4.69) is 5.32 Å². The monoisotopic (exact) mass is 383 g/mol. The lowest BCUT2D eigenvalue weighted by atomic mass is 10.0. The second-order valence-electron chi connectivity index (χ2n) is 6.69. The van der Waals surface area contributed by atoms with Crippen LogP contribution in [0.5, 0.6) is 11.5 Å². The van der Waals surface area contributed by atoms with E-state index in [0.717, 1.165) is 5.56 Å². The molecule has 2 aromatic carbocycles. The molecule has 0 aliphatic carbocycles. The highest BCUT2D eigenvalue weighted by molar-refractivity contribution is 6.01. The summed E-state index contributed by atoms with van der Waals surface area (Å²) in [4.78, 5) is 26.8. The molecule has 0 spiro atoms. The van der Waals surface area contributed by atoms with E-state index in [1.54, 1.807) is 37.3 Å². The Morgan fingerprint density at radius 3 is 2.43 bits per heavy atom. The van der Waals surface area contributed by atoms with Gasteiger partial charge in [0.2, 0.25) is 11.8 Å². The predicted molar refractivity (Wildman–Crippen MR) is 106 cm³/mol. The number of benzene rings is 2. The average molecular weight is 383 g/mol. The van der Waals surface area contributed by atoms with Gasteiger partial charge in [0, 0.05) is 37.2 Å². The van der Waals surface area contributed by atoms with Crippen molar-refractivity contribution in [1.82, 2.24) is 5.32 Å². The number of hydrogen-bond donors (Lipinski definition) is 2. The van der Waals surface area contributed by atoms with Gasteiger partial charge in [-0.05, 0) is 12.0 Å². The molecule has 1 heterocycles. The van der Waals surface area contributed by atoms with Crippen molar-refractivity contribution in [3.63, 3.8) is 0 Å². The molecule has 2 aromatic rings. The van der Waals surface area contributed by atoms with Crippen LogP contribution in [0.2, 0.25) is 0 Å². The molecular weight excluding hydrogens is 358 g/mol. The van der Waals surface area contributed by atoms with Crippen molar-refractivity contribution >= 4 is 17.5 Å². The molecule has 28 heavy (non-hydrogen) atoms. The van der Waals surface area contributed by atoms with Crippen molar-refractivity contribution in [2.45, 2.75) is 24.9 Å². The summed E-state index contributed by atoms with van der Waals surface area (Å²) >= 11 is 0. The van der Waals surface area contributed by atoms with Crippen molar-refractivity contribution in [1.29, 1.82) is 0 Å². The van der Waals surface area contributed by atoms with Crippen molar-refractivity contribution in [3.8, 4) is 11.5 Å². The third kappa shape index (κ3) is 4.43. The molecule has 148 valence electrons. The third-order valence-corrected chi connectivity index (χ3v) is 4.82. The molecule has 3 N–H and O–H groups in total. The maximum Gasteiger partial charge on any atom is 0.249 e. The van der Waals surface area contributed by atoms with E-state index in [1.807, 2.05) is 30.3 Å². The van der Waals surface area contributed by atoms with E-state index in [9.17, 15) is 9.59 Å². The Morgan fingerprint density at radius 1 is 1.18 bits per heavy atom. The smallest absolute Gasteiger partial charge is 0.249 e. The first-order chi connectivity index (χ1) is 13.5. The molecule has 2 amide bonds. The summed E-state index contributed by atoms with van der Waals surface area (Å²) in [6.07, 6.45) is 0.658. The molecule has 2 atom stereocenters. The number of nitrogens with one attached hydrogen (secondary N) is 1. The zero-order chi connectivity index (χ0) is 20.1. The second kappa shape index (κ2) is 8.75. The Labute approximate surface area is 164 Å². The summed E-state index contributed by atoms with van der Waals surface area (Å²) in [7, 11) is 3.12. The van der Waals surface area contributed by atoms with E-state index in [1.165, 1.54) is 0 Å². The molecule has 0 aromatic heterocycles. The highest BCUT2D eigenvalue weighted by atomic mass is 16.5. The van der Waals surface area contributed by atoms with E-state index in [4.69, 9.17) is 15.2 Å². The standard InChI is InChI=1S/C21H25N3O4/c1-27-16-10-15(11-17(12-16)28-2)24-9-8-19(21(24)26)23-20(25)13-18(22)14-6-4-3-5-7-14/h3-7,10-12,18-19H,8-9,13,22H2,1-2H3,(H,23,25). The highest BCUT2D eigenvalue weighted by Crippen LogP contribution is 2.31. The predicted octanol–water partition coefficient (Wildman–Crippen LogP) is 2.02. The number of rotatable bonds is 7. The van der Waals surface area contributed by atoms with Crippen LogP contribution in [0.15, 0.2) is 48.5 Å². The average Bonchev–Trinajstić information content (AvgIpc) is 3.08. The minimum absolute atomic E-state index is 0.126. The second-order valence-corrected chi connectivity index (χ2v) is 6.69. The number of hydrogen-bond acceptors (Lipinski definition) is 5. The van der Waals surface area contributed by atoms with E-state index in [0.29, 0.717) is 30.2 Å². The fourth-order valence-corrected chi connectivity index (χ4v) is 3.29. The van der Waals surface area contributed by atoms with Gasteiger partial charge >= 0.3 is 0 Å². The first-order valence-corrected chi connectivity index (χ1v) is 9.16. The molecule has 0 saturated carbocycles.